The molecule has 4 N–H and O–H groups in total. The lowest BCUT2D eigenvalue weighted by Gasteiger charge is -2.39. The predicted octanol–water partition coefficient (Wildman–Crippen LogP) is 0.204. The highest BCUT2D eigenvalue weighted by molar-refractivity contribution is 5.57. The van der Waals surface area contributed by atoms with Crippen molar-refractivity contribution in [2.45, 2.75) is 42.7 Å². The molecule has 32 heavy (non-hydrogen) atoms. The molecule has 0 amide bonds. The van der Waals surface area contributed by atoms with Crippen LogP contribution in [0.4, 0.5) is 0 Å². The Hall–Kier alpha value is -2.76. The van der Waals surface area contributed by atoms with Crippen LogP contribution in [-0.2, 0) is 4.74 Å². The summed E-state index contributed by atoms with van der Waals surface area (Å²) in [5.41, 5.74) is 1.85. The van der Waals surface area contributed by atoms with Crippen molar-refractivity contribution >= 4 is 0 Å². The van der Waals surface area contributed by atoms with Crippen LogP contribution < -0.4 is 23.7 Å². The van der Waals surface area contributed by atoms with E-state index in [0.717, 1.165) is 16.9 Å². The van der Waals surface area contributed by atoms with Gasteiger partial charge >= 0.3 is 0 Å². The van der Waals surface area contributed by atoms with E-state index in [2.05, 4.69) is 0 Å². The quantitative estimate of drug-likeness (QED) is 0.518. The Morgan fingerprint density at radius 3 is 2.47 bits per heavy atom. The standard InChI is InChI=1S/C22H22O10/c23-6-17-18(24)19(25)20(26)22(32-17)30-9-1-2-10-13(3-9)27-7-12-11-4-15-16(29-8-28-15)5-14(11)31-21(10)12/h1-5,12,17-26H,6-8H2/t12-,17+,18+,19-,20+,21+,22+/m1/s1. The molecule has 4 heterocycles. The minimum atomic E-state index is -1.51. The Morgan fingerprint density at radius 2 is 1.66 bits per heavy atom. The smallest absolute Gasteiger partial charge is 0.231 e. The number of benzene rings is 2. The summed E-state index contributed by atoms with van der Waals surface area (Å²) in [6.45, 7) is 0.0648. The lowest BCUT2D eigenvalue weighted by atomic mass is 9.89. The van der Waals surface area contributed by atoms with Crippen molar-refractivity contribution in [3.05, 3.63) is 41.5 Å². The van der Waals surface area contributed by atoms with E-state index in [1.165, 1.54) is 0 Å². The minimum absolute atomic E-state index is 0.00390. The Labute approximate surface area is 182 Å². The van der Waals surface area contributed by atoms with E-state index >= 15 is 0 Å². The van der Waals surface area contributed by atoms with Crippen molar-refractivity contribution < 1.29 is 48.8 Å². The summed E-state index contributed by atoms with van der Waals surface area (Å²) in [4.78, 5) is 0. The molecule has 1 saturated heterocycles. The first kappa shape index (κ1) is 19.9. The third-order valence-corrected chi connectivity index (χ3v) is 6.33. The van der Waals surface area contributed by atoms with Crippen molar-refractivity contribution in [1.82, 2.24) is 0 Å². The molecule has 0 aromatic heterocycles. The average molecular weight is 446 g/mol. The van der Waals surface area contributed by atoms with Crippen LogP contribution in [0.25, 0.3) is 0 Å². The second-order valence-electron chi connectivity index (χ2n) is 8.21. The molecule has 7 atom stereocenters. The summed E-state index contributed by atoms with van der Waals surface area (Å²) in [7, 11) is 0. The molecule has 6 rings (SSSR count). The maximum atomic E-state index is 10.2. The van der Waals surface area contributed by atoms with Crippen LogP contribution in [0.15, 0.2) is 30.3 Å². The molecule has 4 aliphatic heterocycles. The maximum absolute atomic E-state index is 10.2. The first-order chi connectivity index (χ1) is 15.5. The molecule has 2 aromatic rings. The maximum Gasteiger partial charge on any atom is 0.231 e. The molecule has 0 bridgehead atoms. The number of hydrogen-bond acceptors (Lipinski definition) is 10. The molecule has 0 saturated carbocycles. The normalized spacial score (nSPS) is 34.1. The Bertz CT molecular complexity index is 1040. The summed E-state index contributed by atoms with van der Waals surface area (Å²) in [5.74, 6) is 3.00. The number of ether oxygens (including phenoxy) is 6. The fourth-order valence-corrected chi connectivity index (χ4v) is 4.60. The lowest BCUT2D eigenvalue weighted by Crippen LogP contribution is -2.60. The van der Waals surface area contributed by atoms with Crippen LogP contribution in [0.3, 0.4) is 0 Å². The van der Waals surface area contributed by atoms with Gasteiger partial charge in [0.25, 0.3) is 0 Å². The van der Waals surface area contributed by atoms with Crippen molar-refractivity contribution in [2.24, 2.45) is 0 Å². The molecule has 0 spiro atoms. The average Bonchev–Trinajstić information content (AvgIpc) is 3.41. The van der Waals surface area contributed by atoms with Crippen molar-refractivity contribution in [2.75, 3.05) is 20.0 Å². The molecule has 0 aliphatic carbocycles. The highest BCUT2D eigenvalue weighted by Crippen LogP contribution is 2.54. The van der Waals surface area contributed by atoms with Crippen LogP contribution in [0.2, 0.25) is 0 Å². The number of hydrogen-bond donors (Lipinski definition) is 4. The number of fused-ring (bicyclic) bond motifs is 6. The van der Waals surface area contributed by atoms with Gasteiger partial charge in [0, 0.05) is 23.3 Å². The molecule has 170 valence electrons. The molecule has 10 nitrogen and oxygen atoms in total. The van der Waals surface area contributed by atoms with Gasteiger partial charge in [0.2, 0.25) is 13.1 Å². The Balaban J connectivity index is 1.23. The fraction of sp³-hybridized carbons (Fsp3) is 0.455. The third-order valence-electron chi connectivity index (χ3n) is 6.33. The number of aliphatic hydroxyl groups is 4. The van der Waals surface area contributed by atoms with Gasteiger partial charge < -0.3 is 48.8 Å². The van der Waals surface area contributed by atoms with Crippen molar-refractivity contribution in [3.8, 4) is 28.7 Å². The van der Waals surface area contributed by atoms with Crippen LogP contribution in [0.5, 0.6) is 28.7 Å². The molecular formula is C22H22O10. The summed E-state index contributed by atoms with van der Waals surface area (Å²) in [6, 6.07) is 8.94. The van der Waals surface area contributed by atoms with Crippen LogP contribution in [0.1, 0.15) is 23.1 Å². The molecular weight excluding hydrogens is 424 g/mol. The van der Waals surface area contributed by atoms with Gasteiger partial charge in [-0.2, -0.15) is 0 Å². The largest absolute Gasteiger partial charge is 0.492 e. The number of rotatable bonds is 3. The fourth-order valence-electron chi connectivity index (χ4n) is 4.60. The van der Waals surface area contributed by atoms with Crippen LogP contribution >= 0.6 is 0 Å². The van der Waals surface area contributed by atoms with Crippen LogP contribution in [0, 0.1) is 0 Å². The topological polar surface area (TPSA) is 136 Å². The van der Waals surface area contributed by atoms with E-state index in [-0.39, 0.29) is 18.8 Å². The van der Waals surface area contributed by atoms with Gasteiger partial charge in [0.15, 0.2) is 11.5 Å². The van der Waals surface area contributed by atoms with Crippen molar-refractivity contribution in [3.63, 3.8) is 0 Å². The summed E-state index contributed by atoms with van der Waals surface area (Å²) in [5, 5.41) is 39.4. The predicted molar refractivity (Wildman–Crippen MR) is 105 cm³/mol. The van der Waals surface area contributed by atoms with Crippen molar-refractivity contribution in [1.29, 1.82) is 0 Å². The second kappa shape index (κ2) is 7.39. The van der Waals surface area contributed by atoms with E-state index in [4.69, 9.17) is 28.4 Å². The third kappa shape index (κ3) is 2.99. The molecule has 2 aromatic carbocycles. The number of aliphatic hydroxyl groups excluding tert-OH is 4. The second-order valence-corrected chi connectivity index (χ2v) is 8.21. The summed E-state index contributed by atoms with van der Waals surface area (Å²) in [6.07, 6.45) is -7.01. The van der Waals surface area contributed by atoms with E-state index in [1.807, 2.05) is 18.2 Å². The highest BCUT2D eigenvalue weighted by atomic mass is 16.7. The SMILES string of the molecule is OC[C@@H]1O[C@H](Oc2ccc3c(c2)OC[C@@H]2c4cc5c(cc4O[C@@H]32)OCO5)[C@@H](O)[C@H](O)[C@H]1O. The molecule has 10 heteroatoms. The van der Waals surface area contributed by atoms with E-state index in [1.54, 1.807) is 12.1 Å². The Kier molecular flexibility index (Phi) is 4.60. The lowest BCUT2D eigenvalue weighted by molar-refractivity contribution is -0.277. The molecule has 4 aliphatic rings. The van der Waals surface area contributed by atoms with Gasteiger partial charge in [0.05, 0.1) is 19.1 Å². The summed E-state index contributed by atoms with van der Waals surface area (Å²) >= 11 is 0. The van der Waals surface area contributed by atoms with E-state index in [9.17, 15) is 20.4 Å². The highest BCUT2D eigenvalue weighted by Gasteiger charge is 2.45. The Morgan fingerprint density at radius 1 is 0.844 bits per heavy atom. The zero-order chi connectivity index (χ0) is 22.0. The molecule has 0 radical (unpaired) electrons. The first-order valence-electron chi connectivity index (χ1n) is 10.4. The van der Waals surface area contributed by atoms with Gasteiger partial charge in [-0.15, -0.1) is 0 Å². The summed E-state index contributed by atoms with van der Waals surface area (Å²) < 4.78 is 34.2. The van der Waals surface area contributed by atoms with Gasteiger partial charge in [-0.3, -0.25) is 0 Å². The van der Waals surface area contributed by atoms with E-state index in [0.29, 0.717) is 29.6 Å². The van der Waals surface area contributed by atoms with E-state index < -0.39 is 37.3 Å². The van der Waals surface area contributed by atoms with Gasteiger partial charge in [-0.1, -0.05) is 0 Å². The molecule has 1 fully saturated rings. The van der Waals surface area contributed by atoms with Crippen LogP contribution in [-0.4, -0.2) is 71.1 Å². The van der Waals surface area contributed by atoms with Gasteiger partial charge in [-0.05, 0) is 18.2 Å². The minimum Gasteiger partial charge on any atom is -0.492 e. The zero-order valence-corrected chi connectivity index (χ0v) is 16.8. The zero-order valence-electron chi connectivity index (χ0n) is 16.8. The monoisotopic (exact) mass is 446 g/mol. The van der Waals surface area contributed by atoms with Gasteiger partial charge in [0.1, 0.15) is 47.8 Å². The first-order valence-corrected chi connectivity index (χ1v) is 10.4. The van der Waals surface area contributed by atoms with Gasteiger partial charge in [-0.25, -0.2) is 0 Å². The molecule has 0 unspecified atom stereocenters.